The molecule has 0 bridgehead atoms. The van der Waals surface area contributed by atoms with Gasteiger partial charge in [0.2, 0.25) is 0 Å². The van der Waals surface area contributed by atoms with E-state index in [1.165, 1.54) is 27.8 Å². The monoisotopic (exact) mass is 850 g/mol. The molecule has 0 amide bonds. The zero-order valence-electron chi connectivity index (χ0n) is 29.4. The van der Waals surface area contributed by atoms with Crippen molar-refractivity contribution in [1.29, 1.82) is 0 Å². The van der Waals surface area contributed by atoms with Crippen molar-refractivity contribution >= 4 is 32.8 Å². The van der Waals surface area contributed by atoms with Crippen LogP contribution in [0.25, 0.3) is 77.7 Å². The molecule has 255 valence electrons. The number of aryl methyl sites for hydroxylation is 4. The molecule has 0 saturated heterocycles. The van der Waals surface area contributed by atoms with Crippen LogP contribution in [0, 0.1) is 39.8 Å². The third-order valence-corrected chi connectivity index (χ3v) is 9.41. The molecule has 52 heavy (non-hydrogen) atoms. The molecule has 4 aromatic heterocycles. The van der Waals surface area contributed by atoms with E-state index in [1.54, 1.807) is 6.20 Å². The van der Waals surface area contributed by atoms with E-state index >= 15 is 0 Å². The molecule has 0 spiro atoms. The molecule has 0 aliphatic carbocycles. The van der Waals surface area contributed by atoms with Crippen molar-refractivity contribution in [3.05, 3.63) is 174 Å². The van der Waals surface area contributed by atoms with Crippen molar-refractivity contribution in [1.82, 2.24) is 15.0 Å². The maximum absolute atomic E-state index is 6.28. The van der Waals surface area contributed by atoms with Gasteiger partial charge in [0.1, 0.15) is 5.58 Å². The molecule has 5 aromatic carbocycles. The van der Waals surface area contributed by atoms with Crippen LogP contribution in [0.2, 0.25) is 0 Å². The number of para-hydroxylation sites is 1. The van der Waals surface area contributed by atoms with Gasteiger partial charge in [0.25, 0.3) is 0 Å². The summed E-state index contributed by atoms with van der Waals surface area (Å²) in [6, 6.07) is 49.7. The van der Waals surface area contributed by atoms with Crippen LogP contribution >= 0.6 is 0 Å². The van der Waals surface area contributed by atoms with Gasteiger partial charge < -0.3 is 14.4 Å². The second kappa shape index (κ2) is 14.9. The molecule has 0 N–H and O–H groups in total. The largest absolute Gasteiger partial charge is 0.501 e. The fourth-order valence-corrected chi connectivity index (χ4v) is 6.83. The summed E-state index contributed by atoms with van der Waals surface area (Å²) in [6.45, 7) is 8.57. The van der Waals surface area contributed by atoms with Gasteiger partial charge in [-0.25, -0.2) is 4.98 Å². The van der Waals surface area contributed by atoms with Gasteiger partial charge in [0.15, 0.2) is 0 Å². The predicted molar refractivity (Wildman–Crippen MR) is 209 cm³/mol. The molecule has 4 nitrogen and oxygen atoms in total. The maximum atomic E-state index is 6.28. The van der Waals surface area contributed by atoms with Crippen LogP contribution in [0.15, 0.2) is 144 Å². The van der Waals surface area contributed by atoms with Crippen LogP contribution in [0.4, 0.5) is 0 Å². The number of hydrogen-bond acceptors (Lipinski definition) is 4. The van der Waals surface area contributed by atoms with E-state index in [1.807, 2.05) is 72.9 Å². The molecule has 0 saturated carbocycles. The Morgan fingerprint density at radius 1 is 0.558 bits per heavy atom. The third-order valence-electron chi connectivity index (χ3n) is 9.41. The smallest absolute Gasteiger partial charge is 0.120 e. The second-order valence-corrected chi connectivity index (χ2v) is 12.9. The van der Waals surface area contributed by atoms with Gasteiger partial charge >= 0.3 is 0 Å². The van der Waals surface area contributed by atoms with Crippen molar-refractivity contribution in [3.63, 3.8) is 0 Å². The summed E-state index contributed by atoms with van der Waals surface area (Å²) in [5.41, 5.74) is 15.8. The minimum Gasteiger partial charge on any atom is -0.501 e. The van der Waals surface area contributed by atoms with E-state index < -0.39 is 0 Å². The summed E-state index contributed by atoms with van der Waals surface area (Å²) in [5.74, 6) is 0. The van der Waals surface area contributed by atoms with Gasteiger partial charge in [0, 0.05) is 48.8 Å². The molecule has 4 heterocycles. The number of pyridine rings is 3. The van der Waals surface area contributed by atoms with Crippen LogP contribution in [0.1, 0.15) is 22.3 Å². The van der Waals surface area contributed by atoms with Gasteiger partial charge in [-0.05, 0) is 103 Å². The van der Waals surface area contributed by atoms with E-state index in [0.29, 0.717) is 0 Å². The van der Waals surface area contributed by atoms with Crippen molar-refractivity contribution < 1.29 is 24.5 Å². The van der Waals surface area contributed by atoms with Gasteiger partial charge in [-0.2, -0.15) is 0 Å². The normalized spacial score (nSPS) is 10.9. The predicted octanol–water partition coefficient (Wildman–Crippen LogP) is 12.1. The van der Waals surface area contributed by atoms with E-state index in [-0.39, 0.29) is 20.1 Å². The first kappa shape index (κ1) is 34.7. The molecule has 1 radical (unpaired) electrons. The quantitative estimate of drug-likeness (QED) is 0.166. The van der Waals surface area contributed by atoms with E-state index in [4.69, 9.17) is 14.4 Å². The molecule has 0 fully saturated rings. The first-order chi connectivity index (χ1) is 24.9. The number of benzene rings is 5. The van der Waals surface area contributed by atoms with Crippen LogP contribution < -0.4 is 0 Å². The summed E-state index contributed by atoms with van der Waals surface area (Å²) < 4.78 is 6.28. The molecule has 0 aliphatic heterocycles. The Balaban J connectivity index is 0.000000275. The summed E-state index contributed by atoms with van der Waals surface area (Å²) in [5, 5.41) is 3.30. The topological polar surface area (TPSA) is 51.8 Å². The average Bonchev–Trinajstić information content (AvgIpc) is 3.55. The molecule has 0 unspecified atom stereocenters. The van der Waals surface area contributed by atoms with Crippen LogP contribution in [-0.2, 0) is 20.1 Å². The first-order valence-corrected chi connectivity index (χ1v) is 17.1. The zero-order valence-corrected chi connectivity index (χ0v) is 31.8. The Bertz CT molecular complexity index is 2630. The Morgan fingerprint density at radius 3 is 2.13 bits per heavy atom. The molecular formula is C47H35IrN3O-2. The summed E-state index contributed by atoms with van der Waals surface area (Å²) in [6.07, 6.45) is 3.74. The summed E-state index contributed by atoms with van der Waals surface area (Å²) in [7, 11) is 0. The molecule has 0 aliphatic rings. The number of hydrogen-bond donors (Lipinski definition) is 0. The van der Waals surface area contributed by atoms with Crippen molar-refractivity contribution in [2.24, 2.45) is 0 Å². The second-order valence-electron chi connectivity index (χ2n) is 12.9. The zero-order chi connectivity index (χ0) is 34.9. The summed E-state index contributed by atoms with van der Waals surface area (Å²) >= 11 is 0. The number of fused-ring (bicyclic) bond motifs is 4. The third kappa shape index (κ3) is 6.69. The SMILES string of the molecule is Cc1cnc(-c2[c-]ccc3c2oc2ccccc23)cc1-c1cc2ccc(-c3c(C)cccc3C)nc2cc1C.[Ir].[c-]1ccccc1-c1ccccn1. The Kier molecular flexibility index (Phi) is 9.91. The van der Waals surface area contributed by atoms with Gasteiger partial charge in [0.05, 0.1) is 16.8 Å². The molecule has 5 heteroatoms. The van der Waals surface area contributed by atoms with Crippen molar-refractivity contribution in [2.45, 2.75) is 27.7 Å². The molecular weight excluding hydrogens is 815 g/mol. The Morgan fingerprint density at radius 2 is 1.35 bits per heavy atom. The number of aromatic nitrogens is 3. The maximum Gasteiger partial charge on any atom is 0.120 e. The van der Waals surface area contributed by atoms with Gasteiger partial charge in [-0.15, -0.1) is 54.1 Å². The molecule has 0 atom stereocenters. The Hall–Kier alpha value is -5.74. The van der Waals surface area contributed by atoms with Crippen LogP contribution in [-0.4, -0.2) is 15.0 Å². The van der Waals surface area contributed by atoms with Crippen molar-refractivity contribution in [3.8, 4) is 44.9 Å². The molecule has 9 rings (SSSR count). The van der Waals surface area contributed by atoms with Gasteiger partial charge in [-0.3, -0.25) is 0 Å². The number of rotatable bonds is 4. The standard InChI is InChI=1S/C36H27N2O.C11H8N.Ir/c1-21-9-7-10-22(2)35(21)31-16-15-25-18-29(23(3)17-32(25)38-31)30-19-33(37-20-24(30)4)28-13-8-12-27-26-11-5-6-14-34(26)39-36(27)28;1-2-6-10(7-3-1)11-8-4-5-9-12-11;/h5-12,14-20H,1-4H3;1-6,8-9H;/q2*-1;. The van der Waals surface area contributed by atoms with Crippen LogP contribution in [0.3, 0.4) is 0 Å². The minimum absolute atomic E-state index is 0. The van der Waals surface area contributed by atoms with Crippen molar-refractivity contribution in [2.75, 3.05) is 0 Å². The summed E-state index contributed by atoms with van der Waals surface area (Å²) in [4.78, 5) is 14.1. The minimum atomic E-state index is 0. The number of furan rings is 1. The van der Waals surface area contributed by atoms with E-state index in [0.717, 1.165) is 72.2 Å². The Labute approximate surface area is 317 Å². The average molecular weight is 850 g/mol. The fraction of sp³-hybridized carbons (Fsp3) is 0.0851. The number of nitrogens with zero attached hydrogens (tertiary/aromatic N) is 3. The molecule has 9 aromatic rings. The van der Waals surface area contributed by atoms with Gasteiger partial charge in [-0.1, -0.05) is 71.6 Å². The van der Waals surface area contributed by atoms with Crippen LogP contribution in [0.5, 0.6) is 0 Å². The van der Waals surface area contributed by atoms with E-state index in [2.05, 4.69) is 105 Å². The first-order valence-electron chi connectivity index (χ1n) is 17.1. The fourth-order valence-electron chi connectivity index (χ4n) is 6.83. The van der Waals surface area contributed by atoms with E-state index in [9.17, 15) is 0 Å².